The van der Waals surface area contributed by atoms with E-state index in [1.807, 2.05) is 22.5 Å². The van der Waals surface area contributed by atoms with Crippen LogP contribution in [0.5, 0.6) is 0 Å². The first-order chi connectivity index (χ1) is 14.6. The van der Waals surface area contributed by atoms with Gasteiger partial charge in [-0.3, -0.25) is 9.78 Å². The van der Waals surface area contributed by atoms with Gasteiger partial charge in [0, 0.05) is 49.2 Å². The molecule has 8 heteroatoms. The predicted molar refractivity (Wildman–Crippen MR) is 120 cm³/mol. The van der Waals surface area contributed by atoms with Gasteiger partial charge in [-0.25, -0.2) is 8.51 Å². The molecule has 30 heavy (non-hydrogen) atoms. The molecule has 2 aromatic carbocycles. The second-order valence-corrected chi connectivity index (χ2v) is 8.71. The highest BCUT2D eigenvalue weighted by Gasteiger charge is 2.18. The van der Waals surface area contributed by atoms with Crippen molar-refractivity contribution in [1.29, 1.82) is 0 Å². The van der Waals surface area contributed by atoms with E-state index < -0.39 is 11.0 Å². The zero-order valence-corrected chi connectivity index (χ0v) is 17.7. The van der Waals surface area contributed by atoms with Crippen LogP contribution in [0.3, 0.4) is 0 Å². The molecule has 1 amide bonds. The van der Waals surface area contributed by atoms with Gasteiger partial charge in [0.25, 0.3) is 5.91 Å². The standard InChI is InChI=1S/C22H21ClN4O2S/c23-20-9-6-17(15-19(20)21-3-1-2-10-25-21)26-22(28)16-4-7-18(8-5-16)30(29)27-13-11-24-12-14-27/h1-10,15,24H,11-14H2,(H,26,28). The number of nitrogens with zero attached hydrogens (tertiary/aromatic N) is 2. The van der Waals surface area contributed by atoms with Crippen LogP contribution in [0.1, 0.15) is 10.4 Å². The van der Waals surface area contributed by atoms with Crippen molar-refractivity contribution in [2.45, 2.75) is 4.90 Å². The van der Waals surface area contributed by atoms with Crippen LogP contribution in [-0.2, 0) is 11.0 Å². The first-order valence-electron chi connectivity index (χ1n) is 9.62. The summed E-state index contributed by atoms with van der Waals surface area (Å²) in [6.07, 6.45) is 1.70. The van der Waals surface area contributed by atoms with Crippen LogP contribution in [0.15, 0.2) is 71.8 Å². The van der Waals surface area contributed by atoms with Crippen LogP contribution in [0.25, 0.3) is 11.3 Å². The van der Waals surface area contributed by atoms with E-state index >= 15 is 0 Å². The number of hydrogen-bond acceptors (Lipinski definition) is 4. The molecule has 6 nitrogen and oxygen atoms in total. The highest BCUT2D eigenvalue weighted by atomic mass is 35.5. The molecule has 0 spiro atoms. The van der Waals surface area contributed by atoms with Crippen molar-refractivity contribution in [3.8, 4) is 11.3 Å². The minimum atomic E-state index is -1.22. The van der Waals surface area contributed by atoms with E-state index in [1.54, 1.807) is 48.7 Å². The van der Waals surface area contributed by atoms with Crippen LogP contribution in [0.4, 0.5) is 5.69 Å². The van der Waals surface area contributed by atoms with E-state index in [0.717, 1.165) is 37.4 Å². The molecule has 0 saturated carbocycles. The van der Waals surface area contributed by atoms with Gasteiger partial charge in [-0.15, -0.1) is 0 Å². The molecule has 0 radical (unpaired) electrons. The third-order valence-electron chi connectivity index (χ3n) is 4.79. The lowest BCUT2D eigenvalue weighted by atomic mass is 10.1. The number of rotatable bonds is 5. The van der Waals surface area contributed by atoms with Crippen LogP contribution >= 0.6 is 11.6 Å². The molecular weight excluding hydrogens is 420 g/mol. The maximum Gasteiger partial charge on any atom is 0.255 e. The number of pyridine rings is 1. The molecule has 3 aromatic rings. The molecule has 1 saturated heterocycles. The van der Waals surface area contributed by atoms with Gasteiger partial charge >= 0.3 is 0 Å². The van der Waals surface area contributed by atoms with Crippen molar-refractivity contribution in [3.63, 3.8) is 0 Å². The monoisotopic (exact) mass is 440 g/mol. The van der Waals surface area contributed by atoms with Gasteiger partial charge in [-0.2, -0.15) is 0 Å². The Hall–Kier alpha value is -2.58. The fourth-order valence-corrected chi connectivity index (χ4v) is 4.60. The van der Waals surface area contributed by atoms with Gasteiger partial charge in [0.05, 0.1) is 15.6 Å². The first kappa shape index (κ1) is 20.7. The Bertz CT molecular complexity index is 1050. The lowest BCUT2D eigenvalue weighted by molar-refractivity contribution is 0.102. The van der Waals surface area contributed by atoms with E-state index in [4.69, 9.17) is 11.6 Å². The number of hydrogen-bond donors (Lipinski definition) is 2. The van der Waals surface area contributed by atoms with Gasteiger partial charge in [0.1, 0.15) is 11.0 Å². The van der Waals surface area contributed by atoms with Crippen LogP contribution < -0.4 is 10.6 Å². The number of nitrogens with one attached hydrogen (secondary N) is 2. The number of halogens is 1. The minimum Gasteiger partial charge on any atom is -0.322 e. The Morgan fingerprint density at radius 3 is 2.53 bits per heavy atom. The molecule has 2 heterocycles. The fourth-order valence-electron chi connectivity index (χ4n) is 3.21. The summed E-state index contributed by atoms with van der Waals surface area (Å²) in [5, 5.41) is 6.69. The van der Waals surface area contributed by atoms with Crippen LogP contribution in [-0.4, -0.2) is 45.6 Å². The smallest absolute Gasteiger partial charge is 0.255 e. The van der Waals surface area contributed by atoms with Gasteiger partial charge < -0.3 is 10.6 Å². The Morgan fingerprint density at radius 2 is 1.83 bits per heavy atom. The number of benzene rings is 2. The molecule has 1 aliphatic heterocycles. The third-order valence-corrected chi connectivity index (χ3v) is 6.63. The summed E-state index contributed by atoms with van der Waals surface area (Å²) in [7, 11) is -1.22. The van der Waals surface area contributed by atoms with Crippen molar-refractivity contribution >= 4 is 34.2 Å². The van der Waals surface area contributed by atoms with Gasteiger partial charge in [0.15, 0.2) is 0 Å². The number of carbonyl (C=O) groups is 1. The van der Waals surface area contributed by atoms with E-state index in [1.165, 1.54) is 0 Å². The summed E-state index contributed by atoms with van der Waals surface area (Å²) in [6.45, 7) is 3.13. The molecule has 4 rings (SSSR count). The highest BCUT2D eigenvalue weighted by Crippen LogP contribution is 2.29. The molecule has 1 unspecified atom stereocenters. The van der Waals surface area contributed by atoms with E-state index in [2.05, 4.69) is 15.6 Å². The van der Waals surface area contributed by atoms with Gasteiger partial charge in [-0.05, 0) is 54.6 Å². The summed E-state index contributed by atoms with van der Waals surface area (Å²) in [5.41, 5.74) is 2.60. The largest absolute Gasteiger partial charge is 0.322 e. The average molecular weight is 441 g/mol. The molecular formula is C22H21ClN4O2S. The zero-order chi connectivity index (χ0) is 20.9. The number of aromatic nitrogens is 1. The molecule has 1 atom stereocenters. The molecule has 154 valence electrons. The Balaban J connectivity index is 1.47. The van der Waals surface area contributed by atoms with Crippen molar-refractivity contribution in [1.82, 2.24) is 14.6 Å². The molecule has 2 N–H and O–H groups in total. The van der Waals surface area contributed by atoms with Crippen molar-refractivity contribution in [3.05, 3.63) is 77.4 Å². The summed E-state index contributed by atoms with van der Waals surface area (Å²) >= 11 is 6.31. The molecule has 0 aliphatic carbocycles. The summed E-state index contributed by atoms with van der Waals surface area (Å²) in [6, 6.07) is 17.8. The second kappa shape index (κ2) is 9.49. The van der Waals surface area contributed by atoms with Gasteiger partial charge in [-0.1, -0.05) is 17.7 Å². The lowest BCUT2D eigenvalue weighted by Crippen LogP contribution is -2.44. The Kier molecular flexibility index (Phi) is 6.54. The lowest BCUT2D eigenvalue weighted by Gasteiger charge is -2.25. The zero-order valence-electron chi connectivity index (χ0n) is 16.2. The van der Waals surface area contributed by atoms with E-state index in [9.17, 15) is 9.00 Å². The quantitative estimate of drug-likeness (QED) is 0.636. The number of carbonyl (C=O) groups excluding carboxylic acids is 1. The summed E-state index contributed by atoms with van der Waals surface area (Å²) in [5.74, 6) is -0.246. The Morgan fingerprint density at radius 1 is 1.07 bits per heavy atom. The van der Waals surface area contributed by atoms with Crippen LogP contribution in [0.2, 0.25) is 5.02 Å². The number of piperazine rings is 1. The molecule has 1 aromatic heterocycles. The number of anilines is 1. The van der Waals surface area contributed by atoms with Gasteiger partial charge in [0.2, 0.25) is 0 Å². The third kappa shape index (κ3) is 4.76. The predicted octanol–water partition coefficient (Wildman–Crippen LogP) is 3.58. The molecule has 0 bridgehead atoms. The fraction of sp³-hybridized carbons (Fsp3) is 0.182. The summed E-state index contributed by atoms with van der Waals surface area (Å²) < 4.78 is 14.6. The maximum absolute atomic E-state index is 12.7. The van der Waals surface area contributed by atoms with Crippen molar-refractivity contribution < 1.29 is 9.00 Å². The van der Waals surface area contributed by atoms with E-state index in [-0.39, 0.29) is 5.91 Å². The van der Waals surface area contributed by atoms with Crippen LogP contribution in [0, 0.1) is 0 Å². The second-order valence-electron chi connectivity index (χ2n) is 6.82. The SMILES string of the molecule is O=C(Nc1ccc(Cl)c(-c2ccccn2)c1)c1ccc(S(=O)N2CCNCC2)cc1. The van der Waals surface area contributed by atoms with E-state index in [0.29, 0.717) is 21.2 Å². The highest BCUT2D eigenvalue weighted by molar-refractivity contribution is 7.82. The topological polar surface area (TPSA) is 74.3 Å². The Labute approximate surface area is 182 Å². The minimum absolute atomic E-state index is 0.246. The number of amides is 1. The molecule has 1 aliphatic rings. The molecule has 1 fully saturated rings. The maximum atomic E-state index is 12.7. The van der Waals surface area contributed by atoms with Crippen molar-refractivity contribution in [2.24, 2.45) is 0 Å². The first-order valence-corrected chi connectivity index (χ1v) is 11.1. The van der Waals surface area contributed by atoms with Crippen molar-refractivity contribution in [2.75, 3.05) is 31.5 Å². The normalized spacial score (nSPS) is 15.5. The summed E-state index contributed by atoms with van der Waals surface area (Å²) in [4.78, 5) is 17.7. The average Bonchev–Trinajstić information content (AvgIpc) is 2.81.